The van der Waals surface area contributed by atoms with Gasteiger partial charge in [0.15, 0.2) is 0 Å². The summed E-state index contributed by atoms with van der Waals surface area (Å²) >= 11 is 0. The number of benzene rings is 3. The molecule has 0 spiro atoms. The Bertz CT molecular complexity index is 1410. The number of hydrogen-bond acceptors (Lipinski definition) is 6. The lowest BCUT2D eigenvalue weighted by Crippen LogP contribution is -2.51. The monoisotopic (exact) mass is 581 g/mol. The van der Waals surface area contributed by atoms with E-state index in [-0.39, 0.29) is 23.0 Å². The molecule has 3 rings (SSSR count). The van der Waals surface area contributed by atoms with Crippen LogP contribution in [0.5, 0.6) is 11.5 Å². The molecule has 1 N–H and O–H groups in total. The molecule has 0 saturated carbocycles. The predicted molar refractivity (Wildman–Crippen MR) is 160 cm³/mol. The molecule has 9 nitrogen and oxygen atoms in total. The van der Waals surface area contributed by atoms with Gasteiger partial charge in [0.1, 0.15) is 24.1 Å². The van der Waals surface area contributed by atoms with Gasteiger partial charge in [0.05, 0.1) is 24.3 Å². The van der Waals surface area contributed by atoms with E-state index >= 15 is 0 Å². The van der Waals surface area contributed by atoms with Crippen molar-refractivity contribution in [2.24, 2.45) is 0 Å². The number of anilines is 1. The van der Waals surface area contributed by atoms with Gasteiger partial charge in [-0.05, 0) is 69.2 Å². The Kier molecular flexibility index (Phi) is 11.2. The van der Waals surface area contributed by atoms with Crippen molar-refractivity contribution in [2.75, 3.05) is 31.1 Å². The van der Waals surface area contributed by atoms with Gasteiger partial charge in [-0.3, -0.25) is 13.9 Å². The topological polar surface area (TPSA) is 105 Å². The maximum Gasteiger partial charge on any atom is 0.264 e. The highest BCUT2D eigenvalue weighted by atomic mass is 32.2. The average Bonchev–Trinajstić information content (AvgIpc) is 2.98. The Morgan fingerprint density at radius 3 is 2.22 bits per heavy atom. The van der Waals surface area contributed by atoms with Gasteiger partial charge < -0.3 is 19.7 Å². The van der Waals surface area contributed by atoms with Crippen LogP contribution < -0.4 is 19.1 Å². The van der Waals surface area contributed by atoms with E-state index in [2.05, 4.69) is 5.32 Å². The summed E-state index contributed by atoms with van der Waals surface area (Å²) in [5, 5.41) is 2.84. The van der Waals surface area contributed by atoms with Crippen LogP contribution in [0, 0.1) is 6.92 Å². The van der Waals surface area contributed by atoms with E-state index in [1.54, 1.807) is 81.6 Å². The van der Waals surface area contributed by atoms with Gasteiger partial charge in [-0.15, -0.1) is 0 Å². The Morgan fingerprint density at radius 2 is 1.61 bits per heavy atom. The molecule has 0 bridgehead atoms. The molecule has 0 aliphatic carbocycles. The first-order chi connectivity index (χ1) is 19.6. The van der Waals surface area contributed by atoms with Crippen LogP contribution in [0.3, 0.4) is 0 Å². The van der Waals surface area contributed by atoms with E-state index in [1.165, 1.54) is 17.0 Å². The number of rotatable bonds is 14. The number of nitrogens with zero attached hydrogens (tertiary/aromatic N) is 2. The summed E-state index contributed by atoms with van der Waals surface area (Å²) in [6.45, 7) is 7.56. The maximum absolute atomic E-state index is 14.0. The highest BCUT2D eigenvalue weighted by molar-refractivity contribution is 7.92. The first kappa shape index (κ1) is 31.5. The normalized spacial score (nSPS) is 11.8. The Hall–Kier alpha value is -4.05. The number of nitrogens with one attached hydrogen (secondary N) is 1. The molecule has 3 aromatic carbocycles. The van der Waals surface area contributed by atoms with Gasteiger partial charge in [-0.2, -0.15) is 0 Å². The molecule has 0 unspecified atom stereocenters. The zero-order valence-corrected chi connectivity index (χ0v) is 25.1. The molecule has 3 aromatic rings. The van der Waals surface area contributed by atoms with Crippen molar-refractivity contribution in [1.82, 2.24) is 10.2 Å². The minimum atomic E-state index is -4.19. The smallest absolute Gasteiger partial charge is 0.264 e. The third kappa shape index (κ3) is 8.00. The fraction of sp³-hybridized carbons (Fsp3) is 0.355. The summed E-state index contributed by atoms with van der Waals surface area (Å²) in [6, 6.07) is 19.4. The van der Waals surface area contributed by atoms with Crippen LogP contribution in [0.15, 0.2) is 77.7 Å². The highest BCUT2D eigenvalue weighted by Gasteiger charge is 2.33. The predicted octanol–water partition coefficient (Wildman–Crippen LogP) is 4.54. The number of carbonyl (C=O) groups is 2. The fourth-order valence-corrected chi connectivity index (χ4v) is 5.62. The van der Waals surface area contributed by atoms with Crippen LogP contribution in [0.25, 0.3) is 0 Å². The van der Waals surface area contributed by atoms with Crippen LogP contribution in [0.2, 0.25) is 0 Å². The molecule has 0 fully saturated rings. The minimum absolute atomic E-state index is 0.0395. The minimum Gasteiger partial charge on any atom is -0.497 e. The van der Waals surface area contributed by atoms with Crippen molar-refractivity contribution in [3.63, 3.8) is 0 Å². The molecule has 10 heteroatoms. The van der Waals surface area contributed by atoms with Crippen molar-refractivity contribution in [3.05, 3.63) is 83.9 Å². The average molecular weight is 582 g/mol. The molecule has 0 saturated heterocycles. The van der Waals surface area contributed by atoms with Crippen molar-refractivity contribution in [2.45, 2.75) is 51.6 Å². The molecule has 220 valence electrons. The Morgan fingerprint density at radius 1 is 0.951 bits per heavy atom. The molecular formula is C31H39N3O6S. The van der Waals surface area contributed by atoms with E-state index in [1.807, 2.05) is 13.8 Å². The van der Waals surface area contributed by atoms with E-state index in [4.69, 9.17) is 9.47 Å². The van der Waals surface area contributed by atoms with Gasteiger partial charge in [-0.1, -0.05) is 48.9 Å². The first-order valence-corrected chi connectivity index (χ1v) is 15.1. The van der Waals surface area contributed by atoms with Crippen LogP contribution in [-0.2, 0) is 26.2 Å². The lowest BCUT2D eigenvalue weighted by molar-refractivity contribution is -0.139. The number of para-hydroxylation sites is 2. The number of carbonyl (C=O) groups excluding carboxylic acids is 2. The number of aryl methyl sites for hydroxylation is 1. The number of hydrogen-bond donors (Lipinski definition) is 1. The van der Waals surface area contributed by atoms with Crippen molar-refractivity contribution < 1.29 is 27.5 Å². The molecule has 0 aliphatic rings. The van der Waals surface area contributed by atoms with Gasteiger partial charge in [-0.25, -0.2) is 8.42 Å². The van der Waals surface area contributed by atoms with Crippen LogP contribution in [0.1, 0.15) is 38.3 Å². The third-order valence-electron chi connectivity index (χ3n) is 6.55. The molecule has 41 heavy (non-hydrogen) atoms. The maximum atomic E-state index is 14.0. The summed E-state index contributed by atoms with van der Waals surface area (Å²) in [4.78, 5) is 28.5. The third-order valence-corrected chi connectivity index (χ3v) is 8.32. The van der Waals surface area contributed by atoms with Crippen molar-refractivity contribution in [3.8, 4) is 11.5 Å². The Balaban J connectivity index is 2.06. The van der Waals surface area contributed by atoms with Gasteiger partial charge in [0, 0.05) is 13.1 Å². The summed E-state index contributed by atoms with van der Waals surface area (Å²) in [5.74, 6) is 0.121. The molecule has 0 heterocycles. The first-order valence-electron chi connectivity index (χ1n) is 13.6. The largest absolute Gasteiger partial charge is 0.497 e. The number of methoxy groups -OCH3 is 1. The van der Waals surface area contributed by atoms with Crippen molar-refractivity contribution in [1.29, 1.82) is 0 Å². The lowest BCUT2D eigenvalue weighted by Gasteiger charge is -2.32. The molecule has 0 radical (unpaired) electrons. The van der Waals surface area contributed by atoms with Gasteiger partial charge in [0.2, 0.25) is 11.8 Å². The van der Waals surface area contributed by atoms with Gasteiger partial charge in [0.25, 0.3) is 10.0 Å². The SMILES string of the molecule is CCCNC(=O)[C@H](C)N(Cc1ccc(OC)cc1)C(=O)CN(c1ccccc1OCC)S(=O)(=O)c1ccc(C)cc1. The molecule has 0 aromatic heterocycles. The summed E-state index contributed by atoms with van der Waals surface area (Å²) in [6.07, 6.45) is 0.738. The quantitative estimate of drug-likeness (QED) is 0.300. The second kappa shape index (κ2) is 14.5. The molecule has 2 amide bonds. The zero-order chi connectivity index (χ0) is 30.0. The van der Waals surface area contributed by atoms with Crippen LogP contribution in [0.4, 0.5) is 5.69 Å². The number of amides is 2. The van der Waals surface area contributed by atoms with Crippen molar-refractivity contribution >= 4 is 27.5 Å². The number of sulfonamides is 1. The van der Waals surface area contributed by atoms with Crippen LogP contribution in [-0.4, -0.2) is 58.0 Å². The summed E-state index contributed by atoms with van der Waals surface area (Å²) < 4.78 is 40.1. The van der Waals surface area contributed by atoms with E-state index in [0.29, 0.717) is 24.7 Å². The van der Waals surface area contributed by atoms with E-state index in [0.717, 1.165) is 21.9 Å². The molecule has 0 aliphatic heterocycles. The Labute approximate surface area is 243 Å². The van der Waals surface area contributed by atoms with E-state index < -0.39 is 28.5 Å². The summed E-state index contributed by atoms with van der Waals surface area (Å²) in [5.41, 5.74) is 1.89. The zero-order valence-electron chi connectivity index (χ0n) is 24.3. The van der Waals surface area contributed by atoms with Crippen LogP contribution >= 0.6 is 0 Å². The second-order valence-electron chi connectivity index (χ2n) is 9.56. The highest BCUT2D eigenvalue weighted by Crippen LogP contribution is 2.33. The lowest BCUT2D eigenvalue weighted by atomic mass is 10.1. The molecule has 1 atom stereocenters. The standard InChI is InChI=1S/C31H39N3O6S/c1-6-20-32-31(36)24(4)33(21-25-14-16-26(39-5)17-15-25)30(35)22-34(28-10-8-9-11-29(28)40-7-2)41(37,38)27-18-12-23(3)13-19-27/h8-19,24H,6-7,20-22H2,1-5H3,(H,32,36)/t24-/m0/s1. The van der Waals surface area contributed by atoms with E-state index in [9.17, 15) is 18.0 Å². The second-order valence-corrected chi connectivity index (χ2v) is 11.4. The number of ether oxygens (including phenoxy) is 2. The fourth-order valence-electron chi connectivity index (χ4n) is 4.20. The van der Waals surface area contributed by atoms with Gasteiger partial charge >= 0.3 is 0 Å². The molecular weight excluding hydrogens is 542 g/mol. The summed E-state index contributed by atoms with van der Waals surface area (Å²) in [7, 11) is -2.63.